The number of rotatable bonds is 6. The fourth-order valence-corrected chi connectivity index (χ4v) is 4.40. The van der Waals surface area contributed by atoms with Crippen LogP contribution in [0.2, 0.25) is 0 Å². The van der Waals surface area contributed by atoms with Crippen molar-refractivity contribution in [1.82, 2.24) is 19.5 Å². The van der Waals surface area contributed by atoms with Gasteiger partial charge in [0, 0.05) is 51.7 Å². The number of piperazine rings is 1. The summed E-state index contributed by atoms with van der Waals surface area (Å²) in [6.07, 6.45) is 2.95. The third kappa shape index (κ3) is 3.78. The highest BCUT2D eigenvalue weighted by atomic mass is 32.2. The van der Waals surface area contributed by atoms with E-state index >= 15 is 0 Å². The Morgan fingerprint density at radius 2 is 1.77 bits per heavy atom. The number of nitrogens with zero attached hydrogens (tertiary/aromatic N) is 6. The Morgan fingerprint density at radius 1 is 1.04 bits per heavy atom. The van der Waals surface area contributed by atoms with E-state index in [1.807, 2.05) is 12.1 Å². The molecule has 0 amide bonds. The summed E-state index contributed by atoms with van der Waals surface area (Å²) in [5.74, 6) is 1.64. The molecule has 26 heavy (non-hydrogen) atoms. The molecule has 3 heterocycles. The molecule has 0 saturated carbocycles. The summed E-state index contributed by atoms with van der Waals surface area (Å²) in [4.78, 5) is 8.34. The van der Waals surface area contributed by atoms with E-state index in [9.17, 15) is 8.42 Å². The number of hydrogen-bond acceptors (Lipinski definition) is 7. The van der Waals surface area contributed by atoms with E-state index in [1.165, 1.54) is 10.5 Å². The van der Waals surface area contributed by atoms with Crippen LogP contribution in [0.4, 0.5) is 11.6 Å². The van der Waals surface area contributed by atoms with E-state index in [-0.39, 0.29) is 4.90 Å². The first kappa shape index (κ1) is 18.5. The molecule has 1 fully saturated rings. The zero-order chi connectivity index (χ0) is 18.6. The Balaban J connectivity index is 1.65. The van der Waals surface area contributed by atoms with Crippen molar-refractivity contribution in [1.29, 1.82) is 0 Å². The summed E-state index contributed by atoms with van der Waals surface area (Å²) in [5, 5.41) is 8.63. The van der Waals surface area contributed by atoms with Crippen molar-refractivity contribution >= 4 is 21.7 Å². The molecule has 1 saturated heterocycles. The molecule has 0 bridgehead atoms. The molecule has 0 N–H and O–H groups in total. The highest BCUT2D eigenvalue weighted by molar-refractivity contribution is 7.89. The Hall–Kier alpha value is -2.26. The first-order valence-corrected chi connectivity index (χ1v) is 10.2. The van der Waals surface area contributed by atoms with Crippen LogP contribution in [0.3, 0.4) is 0 Å². The number of anilines is 2. The maximum absolute atomic E-state index is 12.7. The first-order valence-electron chi connectivity index (χ1n) is 8.80. The second kappa shape index (κ2) is 7.96. The van der Waals surface area contributed by atoms with Gasteiger partial charge in [0.2, 0.25) is 10.0 Å². The SMILES string of the molecule is CCN(CC)c1ccc(N2CCN(S(=O)(=O)c3cccnc3)CC2)nn1. The van der Waals surface area contributed by atoms with Crippen LogP contribution in [0.1, 0.15) is 13.8 Å². The molecule has 9 heteroatoms. The second-order valence-electron chi connectivity index (χ2n) is 6.00. The predicted molar refractivity (Wildman–Crippen MR) is 101 cm³/mol. The fourth-order valence-electron chi connectivity index (χ4n) is 3.01. The molecule has 0 aromatic carbocycles. The van der Waals surface area contributed by atoms with Crippen LogP contribution in [0, 0.1) is 0 Å². The number of sulfonamides is 1. The lowest BCUT2D eigenvalue weighted by Gasteiger charge is -2.34. The van der Waals surface area contributed by atoms with Gasteiger partial charge in [0.15, 0.2) is 11.6 Å². The number of hydrogen-bond donors (Lipinski definition) is 0. The van der Waals surface area contributed by atoms with Gasteiger partial charge in [-0.25, -0.2) is 8.42 Å². The standard InChI is InChI=1S/C17H24N6O2S/c1-3-21(4-2)16-7-8-17(20-19-16)22-10-12-23(13-11-22)26(24,25)15-6-5-9-18-14-15/h5-9,14H,3-4,10-13H2,1-2H3. The van der Waals surface area contributed by atoms with Gasteiger partial charge in [0.25, 0.3) is 0 Å². The normalized spacial score (nSPS) is 15.8. The topological polar surface area (TPSA) is 82.5 Å². The minimum Gasteiger partial charge on any atom is -0.356 e. The smallest absolute Gasteiger partial charge is 0.244 e. The van der Waals surface area contributed by atoms with Gasteiger partial charge >= 0.3 is 0 Å². The Labute approximate surface area is 154 Å². The van der Waals surface area contributed by atoms with Crippen molar-refractivity contribution in [2.45, 2.75) is 18.7 Å². The van der Waals surface area contributed by atoms with Gasteiger partial charge in [-0.2, -0.15) is 4.31 Å². The molecule has 1 aliphatic heterocycles. The quantitative estimate of drug-likeness (QED) is 0.750. The van der Waals surface area contributed by atoms with Gasteiger partial charge in [-0.05, 0) is 38.1 Å². The number of pyridine rings is 1. The Morgan fingerprint density at radius 3 is 2.31 bits per heavy atom. The molecule has 1 aliphatic rings. The third-order valence-corrected chi connectivity index (χ3v) is 6.44. The minimum atomic E-state index is -3.49. The van der Waals surface area contributed by atoms with Crippen molar-refractivity contribution in [2.75, 3.05) is 49.1 Å². The Bertz CT molecular complexity index is 801. The molecule has 0 spiro atoms. The van der Waals surface area contributed by atoms with Crippen LogP contribution in [0.15, 0.2) is 41.6 Å². The van der Waals surface area contributed by atoms with E-state index < -0.39 is 10.0 Å². The van der Waals surface area contributed by atoms with Gasteiger partial charge < -0.3 is 9.80 Å². The summed E-state index contributed by atoms with van der Waals surface area (Å²) in [6.45, 7) is 7.93. The molecule has 8 nitrogen and oxygen atoms in total. The van der Waals surface area contributed by atoms with Crippen LogP contribution >= 0.6 is 0 Å². The van der Waals surface area contributed by atoms with E-state index in [0.29, 0.717) is 26.2 Å². The molecule has 0 atom stereocenters. The summed E-state index contributed by atoms with van der Waals surface area (Å²) in [7, 11) is -3.49. The molecular weight excluding hydrogens is 352 g/mol. The van der Waals surface area contributed by atoms with Crippen molar-refractivity contribution in [3.63, 3.8) is 0 Å². The highest BCUT2D eigenvalue weighted by Gasteiger charge is 2.29. The van der Waals surface area contributed by atoms with E-state index in [2.05, 4.69) is 38.8 Å². The van der Waals surface area contributed by atoms with Gasteiger partial charge in [-0.1, -0.05) is 0 Å². The van der Waals surface area contributed by atoms with Crippen molar-refractivity contribution in [2.24, 2.45) is 0 Å². The third-order valence-electron chi connectivity index (χ3n) is 4.56. The summed E-state index contributed by atoms with van der Waals surface area (Å²) in [5.41, 5.74) is 0. The second-order valence-corrected chi connectivity index (χ2v) is 7.94. The fraction of sp³-hybridized carbons (Fsp3) is 0.471. The molecule has 2 aromatic rings. The Kier molecular flexibility index (Phi) is 5.67. The predicted octanol–water partition coefficient (Wildman–Crippen LogP) is 1.23. The maximum atomic E-state index is 12.7. The van der Waals surface area contributed by atoms with Crippen LogP contribution in [-0.4, -0.2) is 67.2 Å². The van der Waals surface area contributed by atoms with Gasteiger partial charge in [-0.3, -0.25) is 4.98 Å². The minimum absolute atomic E-state index is 0.233. The zero-order valence-corrected chi connectivity index (χ0v) is 15.9. The lowest BCUT2D eigenvalue weighted by Crippen LogP contribution is -2.49. The zero-order valence-electron chi connectivity index (χ0n) is 15.1. The number of aromatic nitrogens is 3. The average molecular weight is 376 g/mol. The van der Waals surface area contributed by atoms with Gasteiger partial charge in [0.1, 0.15) is 4.90 Å². The van der Waals surface area contributed by atoms with Crippen molar-refractivity contribution < 1.29 is 8.42 Å². The lowest BCUT2D eigenvalue weighted by atomic mass is 10.3. The summed E-state index contributed by atoms with van der Waals surface area (Å²) in [6, 6.07) is 7.13. The highest BCUT2D eigenvalue weighted by Crippen LogP contribution is 2.20. The van der Waals surface area contributed by atoms with E-state index in [1.54, 1.807) is 18.3 Å². The molecular formula is C17H24N6O2S. The lowest BCUT2D eigenvalue weighted by molar-refractivity contribution is 0.383. The van der Waals surface area contributed by atoms with Crippen molar-refractivity contribution in [3.8, 4) is 0 Å². The molecule has 0 aliphatic carbocycles. The molecule has 2 aromatic heterocycles. The monoisotopic (exact) mass is 376 g/mol. The van der Waals surface area contributed by atoms with Crippen LogP contribution < -0.4 is 9.80 Å². The van der Waals surface area contributed by atoms with Crippen molar-refractivity contribution in [3.05, 3.63) is 36.7 Å². The van der Waals surface area contributed by atoms with E-state index in [4.69, 9.17) is 0 Å². The largest absolute Gasteiger partial charge is 0.356 e. The van der Waals surface area contributed by atoms with Gasteiger partial charge in [0.05, 0.1) is 0 Å². The summed E-state index contributed by atoms with van der Waals surface area (Å²) >= 11 is 0. The molecule has 0 radical (unpaired) electrons. The van der Waals surface area contributed by atoms with Crippen LogP contribution in [0.25, 0.3) is 0 Å². The molecule has 140 valence electrons. The first-order chi connectivity index (χ1) is 12.6. The molecule has 0 unspecified atom stereocenters. The van der Waals surface area contributed by atoms with Crippen LogP contribution in [0.5, 0.6) is 0 Å². The maximum Gasteiger partial charge on any atom is 0.244 e. The van der Waals surface area contributed by atoms with E-state index in [0.717, 1.165) is 24.7 Å². The molecule has 3 rings (SSSR count). The summed E-state index contributed by atoms with van der Waals surface area (Å²) < 4.78 is 26.8. The average Bonchev–Trinajstić information content (AvgIpc) is 2.70. The van der Waals surface area contributed by atoms with Gasteiger partial charge in [-0.15, -0.1) is 10.2 Å². The van der Waals surface area contributed by atoms with Crippen LogP contribution in [-0.2, 0) is 10.0 Å².